The number of nitro groups is 1. The van der Waals surface area contributed by atoms with Gasteiger partial charge in [0, 0.05) is 12.0 Å². The number of allylic oxidation sites excluding steroid dienone is 2. The maximum Gasteiger partial charge on any atom is 0.416 e. The Bertz CT molecular complexity index is 1010. The van der Waals surface area contributed by atoms with Crippen LogP contribution in [-0.4, -0.2) is 4.92 Å². The third-order valence-electron chi connectivity index (χ3n) is 5.30. The molecular formula is C19H13Cl2F3N2O2. The van der Waals surface area contributed by atoms with Crippen molar-refractivity contribution in [2.75, 3.05) is 5.32 Å². The van der Waals surface area contributed by atoms with Crippen molar-refractivity contribution in [3.05, 3.63) is 79.3 Å². The summed E-state index contributed by atoms with van der Waals surface area (Å²) in [5, 5.41) is 14.5. The predicted octanol–water partition coefficient (Wildman–Crippen LogP) is 6.75. The fourth-order valence-electron chi connectivity index (χ4n) is 4.11. The molecule has 0 amide bonds. The van der Waals surface area contributed by atoms with E-state index in [0.29, 0.717) is 12.0 Å². The molecule has 1 aliphatic carbocycles. The number of nitrogens with one attached hydrogen (secondary N) is 1. The van der Waals surface area contributed by atoms with Crippen LogP contribution < -0.4 is 5.32 Å². The van der Waals surface area contributed by atoms with E-state index in [-0.39, 0.29) is 32.9 Å². The van der Waals surface area contributed by atoms with Crippen LogP contribution in [0, 0.1) is 16.0 Å². The Balaban J connectivity index is 1.86. The number of benzene rings is 2. The van der Waals surface area contributed by atoms with Crippen molar-refractivity contribution < 1.29 is 18.1 Å². The smallest absolute Gasteiger partial charge is 0.376 e. The van der Waals surface area contributed by atoms with E-state index in [1.54, 1.807) is 12.1 Å². The lowest BCUT2D eigenvalue weighted by Crippen LogP contribution is -2.31. The Labute approximate surface area is 168 Å². The number of fused-ring (bicyclic) bond motifs is 3. The van der Waals surface area contributed by atoms with E-state index in [2.05, 4.69) is 5.32 Å². The SMILES string of the molecule is O=[N+]([O-])c1cc([C@@H]2Nc3c(Cl)ccc(C(F)(F)F)c3[C@@H]3C=CC[C@H]32)ccc1Cl. The van der Waals surface area contributed by atoms with Gasteiger partial charge in [-0.05, 0) is 41.7 Å². The quantitative estimate of drug-likeness (QED) is 0.327. The second kappa shape index (κ2) is 6.67. The van der Waals surface area contributed by atoms with Gasteiger partial charge in [-0.15, -0.1) is 0 Å². The van der Waals surface area contributed by atoms with Crippen LogP contribution in [0.2, 0.25) is 10.0 Å². The zero-order valence-corrected chi connectivity index (χ0v) is 15.6. The van der Waals surface area contributed by atoms with Gasteiger partial charge in [0.1, 0.15) is 5.02 Å². The molecule has 9 heteroatoms. The zero-order valence-electron chi connectivity index (χ0n) is 14.1. The minimum atomic E-state index is -4.51. The first-order valence-electron chi connectivity index (χ1n) is 8.45. The summed E-state index contributed by atoms with van der Waals surface area (Å²) in [6, 6.07) is 6.22. The first kappa shape index (κ1) is 19.1. The molecule has 1 N–H and O–H groups in total. The highest BCUT2D eigenvalue weighted by molar-refractivity contribution is 6.33. The summed E-state index contributed by atoms with van der Waals surface area (Å²) >= 11 is 12.1. The van der Waals surface area contributed by atoms with Gasteiger partial charge in [-0.2, -0.15) is 13.2 Å². The molecule has 1 heterocycles. The summed E-state index contributed by atoms with van der Waals surface area (Å²) in [6.45, 7) is 0. The number of alkyl halides is 3. The Morgan fingerprint density at radius 1 is 1.14 bits per heavy atom. The predicted molar refractivity (Wildman–Crippen MR) is 101 cm³/mol. The molecule has 28 heavy (non-hydrogen) atoms. The Morgan fingerprint density at radius 3 is 2.54 bits per heavy atom. The number of hydrogen-bond acceptors (Lipinski definition) is 3. The van der Waals surface area contributed by atoms with Gasteiger partial charge in [-0.1, -0.05) is 41.4 Å². The third kappa shape index (κ3) is 3.02. The van der Waals surface area contributed by atoms with E-state index in [4.69, 9.17) is 23.2 Å². The van der Waals surface area contributed by atoms with Crippen molar-refractivity contribution in [2.45, 2.75) is 24.6 Å². The van der Waals surface area contributed by atoms with Gasteiger partial charge >= 0.3 is 6.18 Å². The van der Waals surface area contributed by atoms with Gasteiger partial charge in [0.15, 0.2) is 0 Å². The molecule has 4 rings (SSSR count). The van der Waals surface area contributed by atoms with Crippen molar-refractivity contribution in [1.29, 1.82) is 0 Å². The summed E-state index contributed by atoms with van der Waals surface area (Å²) < 4.78 is 40.8. The van der Waals surface area contributed by atoms with Gasteiger partial charge in [0.2, 0.25) is 0 Å². The Kier molecular flexibility index (Phi) is 4.55. The second-order valence-electron chi connectivity index (χ2n) is 6.82. The lowest BCUT2D eigenvalue weighted by molar-refractivity contribution is -0.384. The summed E-state index contributed by atoms with van der Waals surface area (Å²) in [6.07, 6.45) is -0.372. The van der Waals surface area contributed by atoms with Crippen LogP contribution in [0.4, 0.5) is 24.5 Å². The van der Waals surface area contributed by atoms with Crippen LogP contribution in [0.15, 0.2) is 42.5 Å². The summed E-state index contributed by atoms with van der Waals surface area (Å²) in [4.78, 5) is 10.7. The monoisotopic (exact) mass is 428 g/mol. The molecular weight excluding hydrogens is 416 g/mol. The van der Waals surface area contributed by atoms with Crippen molar-refractivity contribution in [2.24, 2.45) is 5.92 Å². The third-order valence-corrected chi connectivity index (χ3v) is 5.93. The van der Waals surface area contributed by atoms with Gasteiger partial charge in [0.25, 0.3) is 5.69 Å². The number of nitrogens with zero attached hydrogens (tertiary/aromatic N) is 1. The fourth-order valence-corrected chi connectivity index (χ4v) is 4.52. The number of rotatable bonds is 2. The van der Waals surface area contributed by atoms with Gasteiger partial charge in [0.05, 0.1) is 27.2 Å². The molecule has 0 aromatic heterocycles. The minimum absolute atomic E-state index is 0.00319. The van der Waals surface area contributed by atoms with E-state index < -0.39 is 28.6 Å². The van der Waals surface area contributed by atoms with Crippen LogP contribution in [0.25, 0.3) is 0 Å². The van der Waals surface area contributed by atoms with E-state index in [1.165, 1.54) is 18.2 Å². The van der Waals surface area contributed by atoms with E-state index in [0.717, 1.165) is 6.07 Å². The van der Waals surface area contributed by atoms with E-state index in [9.17, 15) is 23.3 Å². The average molecular weight is 429 g/mol. The molecule has 4 nitrogen and oxygen atoms in total. The highest BCUT2D eigenvalue weighted by atomic mass is 35.5. The van der Waals surface area contributed by atoms with Crippen molar-refractivity contribution in [3.63, 3.8) is 0 Å². The molecule has 2 aromatic rings. The molecule has 2 aromatic carbocycles. The van der Waals surface area contributed by atoms with Gasteiger partial charge < -0.3 is 5.32 Å². The first-order valence-corrected chi connectivity index (χ1v) is 9.20. The molecule has 0 radical (unpaired) electrons. The Hall–Kier alpha value is -2.25. The van der Waals surface area contributed by atoms with Crippen LogP contribution in [-0.2, 0) is 6.18 Å². The maximum absolute atomic E-state index is 13.6. The van der Waals surface area contributed by atoms with Gasteiger partial charge in [-0.25, -0.2) is 0 Å². The van der Waals surface area contributed by atoms with Crippen molar-refractivity contribution in [1.82, 2.24) is 0 Å². The summed E-state index contributed by atoms with van der Waals surface area (Å²) in [5.41, 5.74) is -0.0508. The molecule has 1 aliphatic heterocycles. The minimum Gasteiger partial charge on any atom is -0.376 e. The lowest BCUT2D eigenvalue weighted by atomic mass is 9.75. The summed E-state index contributed by atoms with van der Waals surface area (Å²) in [7, 11) is 0. The standard InChI is InChI=1S/C19H13Cl2F3N2O2/c20-13-6-4-9(8-15(13)26(27)28)17-11-3-1-2-10(11)16-12(19(22,23)24)5-7-14(21)18(16)25-17/h1-2,4-8,10-11,17,25H,3H2/t10-,11-,17+/m1/s1. The molecule has 0 fully saturated rings. The number of nitro benzene ring substituents is 1. The number of halogens is 5. The molecule has 0 bridgehead atoms. The normalized spacial score (nSPS) is 23.1. The number of anilines is 1. The maximum atomic E-state index is 13.6. The zero-order chi connectivity index (χ0) is 20.2. The molecule has 3 atom stereocenters. The van der Waals surface area contributed by atoms with Crippen LogP contribution in [0.5, 0.6) is 0 Å². The molecule has 0 unspecified atom stereocenters. The van der Waals surface area contributed by atoms with E-state index in [1.807, 2.05) is 6.08 Å². The molecule has 2 aliphatic rings. The summed E-state index contributed by atoms with van der Waals surface area (Å²) in [5.74, 6) is -0.723. The fraction of sp³-hybridized carbons (Fsp3) is 0.263. The highest BCUT2D eigenvalue weighted by Gasteiger charge is 2.45. The number of hydrogen-bond donors (Lipinski definition) is 1. The molecule has 146 valence electrons. The van der Waals surface area contributed by atoms with Crippen LogP contribution >= 0.6 is 23.2 Å². The second-order valence-corrected chi connectivity index (χ2v) is 7.64. The van der Waals surface area contributed by atoms with Crippen molar-refractivity contribution >= 4 is 34.6 Å². The molecule has 0 saturated carbocycles. The van der Waals surface area contributed by atoms with Crippen LogP contribution in [0.3, 0.4) is 0 Å². The molecule has 0 spiro atoms. The highest BCUT2D eigenvalue weighted by Crippen LogP contribution is 2.55. The van der Waals surface area contributed by atoms with E-state index >= 15 is 0 Å². The largest absolute Gasteiger partial charge is 0.416 e. The molecule has 0 saturated heterocycles. The van der Waals surface area contributed by atoms with Crippen LogP contribution in [0.1, 0.15) is 35.1 Å². The average Bonchev–Trinajstić information content (AvgIpc) is 3.10. The topological polar surface area (TPSA) is 55.2 Å². The first-order chi connectivity index (χ1) is 13.2. The lowest BCUT2D eigenvalue weighted by Gasteiger charge is -2.39. The van der Waals surface area contributed by atoms with Gasteiger partial charge in [-0.3, -0.25) is 10.1 Å². The van der Waals surface area contributed by atoms with Crippen molar-refractivity contribution in [3.8, 4) is 0 Å². The Morgan fingerprint density at radius 2 is 1.86 bits per heavy atom.